The smallest absolute Gasteiger partial charge is 0.387 e. The second-order valence-corrected chi connectivity index (χ2v) is 4.81. The molecule has 1 unspecified atom stereocenters. The Hall–Kier alpha value is -2.54. The molecule has 0 saturated heterocycles. The van der Waals surface area contributed by atoms with Gasteiger partial charge in [0.25, 0.3) is 5.91 Å². The Morgan fingerprint density at radius 3 is 2.83 bits per heavy atom. The van der Waals surface area contributed by atoms with Gasteiger partial charge in [0.15, 0.2) is 0 Å². The zero-order valence-electron chi connectivity index (χ0n) is 12.4. The molecule has 23 heavy (non-hydrogen) atoms. The number of pyridine rings is 1. The van der Waals surface area contributed by atoms with E-state index in [4.69, 9.17) is 0 Å². The molecule has 0 spiro atoms. The number of halogens is 2. The van der Waals surface area contributed by atoms with Crippen LogP contribution in [0.1, 0.15) is 27.7 Å². The van der Waals surface area contributed by atoms with Crippen molar-refractivity contribution in [2.45, 2.75) is 19.6 Å². The number of carbonyl (C=O) groups excluding carboxylic acids is 1. The van der Waals surface area contributed by atoms with E-state index in [1.807, 2.05) is 0 Å². The van der Waals surface area contributed by atoms with Crippen LogP contribution in [-0.4, -0.2) is 29.2 Å². The minimum absolute atomic E-state index is 0.0500. The van der Waals surface area contributed by atoms with Crippen LogP contribution in [0.4, 0.5) is 8.78 Å². The summed E-state index contributed by atoms with van der Waals surface area (Å²) in [5, 5.41) is 12.7. The summed E-state index contributed by atoms with van der Waals surface area (Å²) < 4.78 is 28.6. The molecule has 2 rings (SSSR count). The summed E-state index contributed by atoms with van der Waals surface area (Å²) in [6.45, 7) is -1.29. The highest BCUT2D eigenvalue weighted by Gasteiger charge is 2.14. The van der Waals surface area contributed by atoms with Crippen molar-refractivity contribution in [1.82, 2.24) is 10.3 Å². The molecule has 0 aliphatic heterocycles. The molecule has 0 saturated carbocycles. The number of carbonyl (C=O) groups is 1. The van der Waals surface area contributed by atoms with Gasteiger partial charge in [-0.15, -0.1) is 0 Å². The Bertz CT molecular complexity index is 680. The third-order valence-corrected chi connectivity index (χ3v) is 3.18. The lowest BCUT2D eigenvalue weighted by Gasteiger charge is -2.14. The van der Waals surface area contributed by atoms with Crippen LogP contribution in [0, 0.1) is 6.92 Å². The number of rotatable bonds is 6. The van der Waals surface area contributed by atoms with Crippen molar-refractivity contribution >= 4 is 5.91 Å². The molecule has 1 aromatic heterocycles. The van der Waals surface area contributed by atoms with Crippen molar-refractivity contribution in [2.75, 3.05) is 6.54 Å². The van der Waals surface area contributed by atoms with Gasteiger partial charge in [0.2, 0.25) is 0 Å². The van der Waals surface area contributed by atoms with Gasteiger partial charge < -0.3 is 15.2 Å². The topological polar surface area (TPSA) is 71.5 Å². The molecule has 0 bridgehead atoms. The summed E-state index contributed by atoms with van der Waals surface area (Å²) in [5.41, 5.74) is 1.35. The highest BCUT2D eigenvalue weighted by molar-refractivity contribution is 5.95. The molecule has 0 aliphatic rings. The van der Waals surface area contributed by atoms with Gasteiger partial charge >= 0.3 is 6.61 Å². The second-order valence-electron chi connectivity index (χ2n) is 4.81. The minimum Gasteiger partial charge on any atom is -0.435 e. The molecule has 0 aliphatic carbocycles. The fraction of sp³-hybridized carbons (Fsp3) is 0.250. The maximum absolute atomic E-state index is 12.2. The first kappa shape index (κ1) is 16.8. The fourth-order valence-electron chi connectivity index (χ4n) is 2.02. The van der Waals surface area contributed by atoms with Gasteiger partial charge in [0.1, 0.15) is 5.75 Å². The average Bonchev–Trinajstić information content (AvgIpc) is 2.52. The Kier molecular flexibility index (Phi) is 5.59. The largest absolute Gasteiger partial charge is 0.435 e. The maximum Gasteiger partial charge on any atom is 0.387 e. The molecule has 1 atom stereocenters. The normalized spacial score (nSPS) is 12.0. The monoisotopic (exact) mass is 322 g/mol. The number of aryl methyl sites for hydroxylation is 1. The number of amides is 1. The third kappa shape index (κ3) is 4.72. The van der Waals surface area contributed by atoms with E-state index < -0.39 is 12.7 Å². The van der Waals surface area contributed by atoms with Crippen LogP contribution in [0.25, 0.3) is 0 Å². The zero-order chi connectivity index (χ0) is 16.8. The van der Waals surface area contributed by atoms with Crippen LogP contribution < -0.4 is 10.1 Å². The Balaban J connectivity index is 1.98. The molecular formula is C16H16F2N2O3. The predicted molar refractivity (Wildman–Crippen MR) is 79.3 cm³/mol. The number of benzene rings is 1. The average molecular weight is 322 g/mol. The number of aliphatic hydroxyl groups is 1. The lowest BCUT2D eigenvalue weighted by atomic mass is 10.1. The molecule has 5 nitrogen and oxygen atoms in total. The number of alkyl halides is 2. The number of nitrogens with one attached hydrogen (secondary N) is 1. The molecule has 2 N–H and O–H groups in total. The summed E-state index contributed by atoms with van der Waals surface area (Å²) in [5.74, 6) is -0.416. The van der Waals surface area contributed by atoms with Gasteiger partial charge in [-0.3, -0.25) is 9.78 Å². The van der Waals surface area contributed by atoms with Crippen molar-refractivity contribution in [3.8, 4) is 5.75 Å². The molecule has 0 fully saturated rings. The Morgan fingerprint density at radius 2 is 2.13 bits per heavy atom. The molecule has 1 amide bonds. The van der Waals surface area contributed by atoms with Gasteiger partial charge in [-0.2, -0.15) is 8.78 Å². The number of hydrogen-bond acceptors (Lipinski definition) is 4. The van der Waals surface area contributed by atoms with Crippen molar-refractivity contribution in [1.29, 1.82) is 0 Å². The highest BCUT2D eigenvalue weighted by Crippen LogP contribution is 2.20. The predicted octanol–water partition coefficient (Wildman–Crippen LogP) is 2.45. The summed E-state index contributed by atoms with van der Waals surface area (Å²) in [7, 11) is 0. The standard InChI is InChI=1S/C16H16F2N2O3/c1-10-13(6-3-7-19-10)15(22)20-9-14(21)11-4-2-5-12(8-11)23-16(17)18/h2-8,14,16,21H,9H2,1H3,(H,20,22). The van der Waals surface area contributed by atoms with Gasteiger partial charge in [-0.1, -0.05) is 12.1 Å². The van der Waals surface area contributed by atoms with E-state index in [9.17, 15) is 18.7 Å². The molecular weight excluding hydrogens is 306 g/mol. The maximum atomic E-state index is 12.2. The lowest BCUT2D eigenvalue weighted by Crippen LogP contribution is -2.29. The number of ether oxygens (including phenoxy) is 1. The summed E-state index contributed by atoms with van der Waals surface area (Å²) in [6, 6.07) is 8.98. The van der Waals surface area contributed by atoms with E-state index in [2.05, 4.69) is 15.0 Å². The molecule has 122 valence electrons. The van der Waals surface area contributed by atoms with Crippen molar-refractivity contribution in [3.05, 3.63) is 59.4 Å². The Labute approximate surface area is 131 Å². The fourth-order valence-corrected chi connectivity index (χ4v) is 2.02. The SMILES string of the molecule is Cc1ncccc1C(=O)NCC(O)c1cccc(OC(F)F)c1. The van der Waals surface area contributed by atoms with Crippen LogP contribution >= 0.6 is 0 Å². The first-order valence-corrected chi connectivity index (χ1v) is 6.90. The number of aromatic nitrogens is 1. The van der Waals surface area contributed by atoms with Crippen molar-refractivity contribution < 1.29 is 23.4 Å². The summed E-state index contributed by atoms with van der Waals surface area (Å²) in [4.78, 5) is 16.0. The van der Waals surface area contributed by atoms with E-state index in [0.29, 0.717) is 16.8 Å². The molecule has 1 heterocycles. The zero-order valence-corrected chi connectivity index (χ0v) is 12.4. The van der Waals surface area contributed by atoms with Gasteiger partial charge in [0.05, 0.1) is 11.7 Å². The van der Waals surface area contributed by atoms with E-state index in [-0.39, 0.29) is 18.2 Å². The van der Waals surface area contributed by atoms with Gasteiger partial charge in [-0.05, 0) is 36.8 Å². The van der Waals surface area contributed by atoms with Gasteiger partial charge in [0, 0.05) is 18.4 Å². The Morgan fingerprint density at radius 1 is 1.35 bits per heavy atom. The van der Waals surface area contributed by atoms with E-state index >= 15 is 0 Å². The van der Waals surface area contributed by atoms with Crippen LogP contribution in [0.3, 0.4) is 0 Å². The van der Waals surface area contributed by atoms with E-state index in [1.165, 1.54) is 18.2 Å². The third-order valence-electron chi connectivity index (χ3n) is 3.18. The molecule has 2 aromatic rings. The quantitative estimate of drug-likeness (QED) is 0.857. The first-order chi connectivity index (χ1) is 11.0. The van der Waals surface area contributed by atoms with Crippen LogP contribution in [0.2, 0.25) is 0 Å². The summed E-state index contributed by atoms with van der Waals surface area (Å²) >= 11 is 0. The highest BCUT2D eigenvalue weighted by atomic mass is 19.3. The van der Waals surface area contributed by atoms with Crippen LogP contribution in [0.5, 0.6) is 5.75 Å². The number of hydrogen-bond donors (Lipinski definition) is 2. The van der Waals surface area contributed by atoms with Gasteiger partial charge in [-0.25, -0.2) is 0 Å². The number of aliphatic hydroxyl groups excluding tert-OH is 1. The first-order valence-electron chi connectivity index (χ1n) is 6.90. The van der Waals surface area contributed by atoms with E-state index in [0.717, 1.165) is 0 Å². The summed E-state index contributed by atoms with van der Waals surface area (Å²) in [6.07, 6.45) is 0.535. The second kappa shape index (κ2) is 7.64. The molecule has 1 aromatic carbocycles. The van der Waals surface area contributed by atoms with Crippen molar-refractivity contribution in [2.24, 2.45) is 0 Å². The number of nitrogens with zero attached hydrogens (tertiary/aromatic N) is 1. The molecule has 0 radical (unpaired) electrons. The molecule has 7 heteroatoms. The van der Waals surface area contributed by atoms with Crippen LogP contribution in [0.15, 0.2) is 42.6 Å². The van der Waals surface area contributed by atoms with Crippen molar-refractivity contribution in [3.63, 3.8) is 0 Å². The minimum atomic E-state index is -2.93. The van der Waals surface area contributed by atoms with E-state index in [1.54, 1.807) is 31.3 Å². The lowest BCUT2D eigenvalue weighted by molar-refractivity contribution is -0.0499. The van der Waals surface area contributed by atoms with Crippen LogP contribution in [-0.2, 0) is 0 Å².